The summed E-state index contributed by atoms with van der Waals surface area (Å²) in [5, 5.41) is 0. The number of likely N-dealkylation sites (N-methyl/N-ethyl adjacent to an activating group) is 2. The van der Waals surface area contributed by atoms with Crippen molar-refractivity contribution in [3.63, 3.8) is 0 Å². The second-order valence-electron chi connectivity index (χ2n) is 4.41. The predicted octanol–water partition coefficient (Wildman–Crippen LogP) is 1.81. The zero-order valence-corrected chi connectivity index (χ0v) is 10.1. The van der Waals surface area contributed by atoms with E-state index in [0.29, 0.717) is 0 Å². The molecule has 0 aliphatic rings. The minimum atomic E-state index is 1.16. The van der Waals surface area contributed by atoms with Crippen LogP contribution in [0.1, 0.15) is 27.2 Å². The fourth-order valence-corrected chi connectivity index (χ4v) is 1.67. The number of rotatable bonds is 7. The van der Waals surface area contributed by atoms with Crippen LogP contribution < -0.4 is 0 Å². The van der Waals surface area contributed by atoms with Gasteiger partial charge in [0.05, 0.1) is 27.2 Å². The van der Waals surface area contributed by atoms with E-state index in [2.05, 4.69) is 39.8 Å². The van der Waals surface area contributed by atoms with Crippen molar-refractivity contribution in [1.29, 1.82) is 0 Å². The first-order valence-corrected chi connectivity index (χ1v) is 5.60. The van der Waals surface area contributed by atoms with Gasteiger partial charge in [0.15, 0.2) is 0 Å². The third-order valence-electron chi connectivity index (χ3n) is 2.74. The third kappa shape index (κ3) is 6.05. The quantitative estimate of drug-likeness (QED) is 0.550. The van der Waals surface area contributed by atoms with Crippen molar-refractivity contribution >= 4 is 0 Å². The van der Waals surface area contributed by atoms with Crippen LogP contribution in [-0.4, -0.2) is 56.2 Å². The first-order valence-electron chi connectivity index (χ1n) is 5.60. The predicted molar refractivity (Wildman–Crippen MR) is 59.9 cm³/mol. The molecule has 80 valence electrons. The largest absolute Gasteiger partial charge is 0.327 e. The van der Waals surface area contributed by atoms with Crippen LogP contribution >= 0.6 is 0 Å². The van der Waals surface area contributed by atoms with Gasteiger partial charge in [-0.1, -0.05) is 20.8 Å². The Morgan fingerprint density at radius 1 is 0.923 bits per heavy atom. The smallest absolute Gasteiger partial charge is 0.0911 e. The summed E-state index contributed by atoms with van der Waals surface area (Å²) in [6.45, 7) is 12.9. The summed E-state index contributed by atoms with van der Waals surface area (Å²) in [6, 6.07) is 0. The van der Waals surface area contributed by atoms with Crippen molar-refractivity contribution < 1.29 is 4.48 Å². The Hall–Kier alpha value is -0.0800. The Morgan fingerprint density at radius 2 is 1.46 bits per heavy atom. The van der Waals surface area contributed by atoms with E-state index in [4.69, 9.17) is 0 Å². The summed E-state index contributed by atoms with van der Waals surface area (Å²) >= 11 is 0. The van der Waals surface area contributed by atoms with Gasteiger partial charge in [0.25, 0.3) is 0 Å². The highest BCUT2D eigenvalue weighted by molar-refractivity contribution is 4.50. The highest BCUT2D eigenvalue weighted by Crippen LogP contribution is 1.99. The fourth-order valence-electron chi connectivity index (χ4n) is 1.67. The van der Waals surface area contributed by atoms with Gasteiger partial charge < -0.3 is 4.48 Å². The van der Waals surface area contributed by atoms with Gasteiger partial charge in [0.2, 0.25) is 0 Å². The van der Waals surface area contributed by atoms with Crippen LogP contribution in [0.15, 0.2) is 0 Å². The SMILES string of the molecule is CCC[N+](C)(C)CCN(CC)CC. The van der Waals surface area contributed by atoms with Crippen molar-refractivity contribution in [3.8, 4) is 0 Å². The molecule has 0 aromatic rings. The fraction of sp³-hybridized carbons (Fsp3) is 1.00. The molecule has 2 heteroatoms. The lowest BCUT2D eigenvalue weighted by molar-refractivity contribution is -0.889. The van der Waals surface area contributed by atoms with E-state index in [1.807, 2.05) is 0 Å². The number of hydrogen-bond acceptors (Lipinski definition) is 1. The van der Waals surface area contributed by atoms with Crippen LogP contribution in [0.2, 0.25) is 0 Å². The Kier molecular flexibility index (Phi) is 6.35. The summed E-state index contributed by atoms with van der Waals surface area (Å²) in [5.74, 6) is 0. The summed E-state index contributed by atoms with van der Waals surface area (Å²) < 4.78 is 1.16. The monoisotopic (exact) mass is 187 g/mol. The minimum Gasteiger partial charge on any atom is -0.327 e. The maximum Gasteiger partial charge on any atom is 0.0911 e. The number of nitrogens with zero attached hydrogens (tertiary/aromatic N) is 2. The molecule has 0 rings (SSSR count). The molecule has 0 aromatic carbocycles. The molecule has 0 N–H and O–H groups in total. The molecule has 0 amide bonds. The molecule has 0 saturated heterocycles. The van der Waals surface area contributed by atoms with Gasteiger partial charge in [-0.3, -0.25) is 4.90 Å². The van der Waals surface area contributed by atoms with E-state index in [1.54, 1.807) is 0 Å². The molecule has 0 heterocycles. The van der Waals surface area contributed by atoms with Crippen molar-refractivity contribution in [2.75, 3.05) is 46.8 Å². The zero-order chi connectivity index (χ0) is 10.3. The Balaban J connectivity index is 3.71. The van der Waals surface area contributed by atoms with Gasteiger partial charge in [0.1, 0.15) is 0 Å². The van der Waals surface area contributed by atoms with E-state index in [0.717, 1.165) is 4.48 Å². The Bertz CT molecular complexity index is 117. The molecule has 13 heavy (non-hydrogen) atoms. The molecule has 0 radical (unpaired) electrons. The van der Waals surface area contributed by atoms with Crippen LogP contribution in [0.4, 0.5) is 0 Å². The second-order valence-corrected chi connectivity index (χ2v) is 4.41. The average molecular weight is 187 g/mol. The molecule has 2 nitrogen and oxygen atoms in total. The van der Waals surface area contributed by atoms with E-state index >= 15 is 0 Å². The maximum absolute atomic E-state index is 2.50. The van der Waals surface area contributed by atoms with Gasteiger partial charge in [-0.25, -0.2) is 0 Å². The summed E-state index contributed by atoms with van der Waals surface area (Å²) in [7, 11) is 4.65. The van der Waals surface area contributed by atoms with Crippen LogP contribution in [-0.2, 0) is 0 Å². The average Bonchev–Trinajstić information content (AvgIpc) is 2.06. The Labute approximate surface area is 84.1 Å². The molecule has 0 saturated carbocycles. The molecule has 0 atom stereocenters. The van der Waals surface area contributed by atoms with Crippen molar-refractivity contribution in [3.05, 3.63) is 0 Å². The summed E-state index contributed by atoms with van der Waals surface area (Å²) in [4.78, 5) is 2.50. The van der Waals surface area contributed by atoms with Crippen LogP contribution in [0.3, 0.4) is 0 Å². The van der Waals surface area contributed by atoms with E-state index in [1.165, 1.54) is 39.1 Å². The minimum absolute atomic E-state index is 1.16. The molecule has 0 unspecified atom stereocenters. The van der Waals surface area contributed by atoms with Crippen molar-refractivity contribution in [1.82, 2.24) is 4.90 Å². The molecular formula is C11H27N2+. The normalized spacial score (nSPS) is 12.5. The molecule has 0 bridgehead atoms. The molecule has 0 aliphatic carbocycles. The van der Waals surface area contributed by atoms with Crippen LogP contribution in [0.5, 0.6) is 0 Å². The van der Waals surface area contributed by atoms with Gasteiger partial charge in [0, 0.05) is 6.54 Å². The van der Waals surface area contributed by atoms with E-state index in [9.17, 15) is 0 Å². The molecule has 0 aliphatic heterocycles. The summed E-state index contributed by atoms with van der Waals surface area (Å²) in [5.41, 5.74) is 0. The topological polar surface area (TPSA) is 3.24 Å². The van der Waals surface area contributed by atoms with Gasteiger partial charge in [-0.2, -0.15) is 0 Å². The third-order valence-corrected chi connectivity index (χ3v) is 2.74. The first kappa shape index (κ1) is 12.9. The number of hydrogen-bond donors (Lipinski definition) is 0. The van der Waals surface area contributed by atoms with Crippen LogP contribution in [0, 0.1) is 0 Å². The van der Waals surface area contributed by atoms with Crippen LogP contribution in [0.25, 0.3) is 0 Å². The van der Waals surface area contributed by atoms with E-state index < -0.39 is 0 Å². The second kappa shape index (κ2) is 6.39. The van der Waals surface area contributed by atoms with Gasteiger partial charge >= 0.3 is 0 Å². The van der Waals surface area contributed by atoms with Gasteiger partial charge in [-0.15, -0.1) is 0 Å². The maximum atomic E-state index is 2.50. The van der Waals surface area contributed by atoms with Gasteiger partial charge in [-0.05, 0) is 19.5 Å². The van der Waals surface area contributed by atoms with E-state index in [-0.39, 0.29) is 0 Å². The highest BCUT2D eigenvalue weighted by atomic mass is 15.3. The summed E-state index contributed by atoms with van der Waals surface area (Å²) in [6.07, 6.45) is 1.28. The molecule has 0 aromatic heterocycles. The van der Waals surface area contributed by atoms with Crippen molar-refractivity contribution in [2.45, 2.75) is 27.2 Å². The lowest BCUT2D eigenvalue weighted by Gasteiger charge is -2.31. The standard InChI is InChI=1S/C11H27N2/c1-6-10-13(4,5)11-9-12(7-2)8-3/h6-11H2,1-5H3/q+1. The van der Waals surface area contributed by atoms with Crippen molar-refractivity contribution in [2.24, 2.45) is 0 Å². The first-order chi connectivity index (χ1) is 6.05. The Morgan fingerprint density at radius 3 is 1.85 bits per heavy atom. The lowest BCUT2D eigenvalue weighted by Crippen LogP contribution is -2.45. The molecule has 0 fully saturated rings. The lowest BCUT2D eigenvalue weighted by atomic mass is 10.3. The molecular weight excluding hydrogens is 160 g/mol. The highest BCUT2D eigenvalue weighted by Gasteiger charge is 2.14. The molecule has 0 spiro atoms. The number of quaternary nitrogens is 1. The zero-order valence-electron chi connectivity index (χ0n) is 10.1.